The lowest BCUT2D eigenvalue weighted by molar-refractivity contribution is 0.104. The molecule has 0 bridgehead atoms. The van der Waals surface area contributed by atoms with Gasteiger partial charge in [-0.15, -0.1) is 0 Å². The van der Waals surface area contributed by atoms with Crippen molar-refractivity contribution in [1.82, 2.24) is 0 Å². The minimum atomic E-state index is -0.0348. The van der Waals surface area contributed by atoms with Crippen molar-refractivity contribution in [3.63, 3.8) is 0 Å². The number of allylic oxidation sites excluding steroid dienone is 2. The second kappa shape index (κ2) is 4.83. The molecule has 0 N–H and O–H groups in total. The molecule has 0 saturated carbocycles. The number of hydrogen-bond acceptors (Lipinski definition) is 1. The van der Waals surface area contributed by atoms with Crippen molar-refractivity contribution in [2.75, 3.05) is 0 Å². The summed E-state index contributed by atoms with van der Waals surface area (Å²) in [5.74, 6) is -0.0348. The summed E-state index contributed by atoms with van der Waals surface area (Å²) in [6.45, 7) is 1.91. The first kappa shape index (κ1) is 10.0. The molecule has 0 aliphatic heterocycles. The van der Waals surface area contributed by atoms with Gasteiger partial charge >= 0.3 is 0 Å². The highest BCUT2D eigenvalue weighted by atomic mass is 35.5. The molecule has 0 aromatic heterocycles. The maximum atomic E-state index is 11.5. The van der Waals surface area contributed by atoms with E-state index in [1.807, 2.05) is 25.1 Å². The van der Waals surface area contributed by atoms with E-state index in [2.05, 4.69) is 0 Å². The Hall–Kier alpha value is -1.08. The quantitative estimate of drug-likeness (QED) is 0.533. The highest BCUT2D eigenvalue weighted by Gasteiger charge is 2.01. The number of ketones is 1. The number of benzene rings is 1. The SMILES string of the molecule is CC/C(Cl)=C\C(=O)c1ccccc1. The van der Waals surface area contributed by atoms with Crippen LogP contribution in [0.1, 0.15) is 23.7 Å². The highest BCUT2D eigenvalue weighted by Crippen LogP contribution is 2.09. The molecular weight excluding hydrogens is 184 g/mol. The van der Waals surface area contributed by atoms with Crippen LogP contribution in [-0.2, 0) is 0 Å². The van der Waals surface area contributed by atoms with Crippen LogP contribution in [-0.4, -0.2) is 5.78 Å². The molecule has 0 aliphatic rings. The van der Waals surface area contributed by atoms with E-state index in [0.29, 0.717) is 17.0 Å². The topological polar surface area (TPSA) is 17.1 Å². The highest BCUT2D eigenvalue weighted by molar-refractivity contribution is 6.31. The monoisotopic (exact) mass is 194 g/mol. The standard InChI is InChI=1S/C11H11ClO/c1-2-10(12)8-11(13)9-6-4-3-5-7-9/h3-8H,2H2,1H3/b10-8+. The van der Waals surface area contributed by atoms with Crippen LogP contribution in [0.4, 0.5) is 0 Å². The molecule has 0 unspecified atom stereocenters. The number of hydrogen-bond donors (Lipinski definition) is 0. The Labute approximate surface area is 83.0 Å². The Kier molecular flexibility index (Phi) is 3.71. The van der Waals surface area contributed by atoms with Gasteiger partial charge in [-0.2, -0.15) is 0 Å². The molecule has 0 amide bonds. The van der Waals surface area contributed by atoms with Crippen molar-refractivity contribution in [3.8, 4) is 0 Å². The minimum absolute atomic E-state index is 0.0348. The lowest BCUT2D eigenvalue weighted by Crippen LogP contribution is -1.93. The molecule has 68 valence electrons. The molecular formula is C11H11ClO. The van der Waals surface area contributed by atoms with Gasteiger partial charge in [0.05, 0.1) is 0 Å². The number of carbonyl (C=O) groups is 1. The zero-order valence-electron chi connectivity index (χ0n) is 7.46. The van der Waals surface area contributed by atoms with E-state index in [1.165, 1.54) is 6.08 Å². The van der Waals surface area contributed by atoms with Gasteiger partial charge in [-0.25, -0.2) is 0 Å². The van der Waals surface area contributed by atoms with Crippen LogP contribution in [0.2, 0.25) is 0 Å². The second-order valence-corrected chi connectivity index (χ2v) is 3.16. The van der Waals surface area contributed by atoms with Crippen LogP contribution in [0.3, 0.4) is 0 Å². The van der Waals surface area contributed by atoms with E-state index in [1.54, 1.807) is 12.1 Å². The van der Waals surface area contributed by atoms with E-state index in [9.17, 15) is 4.79 Å². The first-order chi connectivity index (χ1) is 6.24. The third-order valence-electron chi connectivity index (χ3n) is 1.68. The van der Waals surface area contributed by atoms with Crippen molar-refractivity contribution in [3.05, 3.63) is 47.0 Å². The molecule has 0 atom stereocenters. The summed E-state index contributed by atoms with van der Waals surface area (Å²) in [6, 6.07) is 9.10. The molecule has 13 heavy (non-hydrogen) atoms. The predicted molar refractivity (Wildman–Crippen MR) is 55.0 cm³/mol. The summed E-state index contributed by atoms with van der Waals surface area (Å²) in [4.78, 5) is 11.5. The maximum absolute atomic E-state index is 11.5. The van der Waals surface area contributed by atoms with Gasteiger partial charge < -0.3 is 0 Å². The van der Waals surface area contributed by atoms with Gasteiger partial charge in [0.2, 0.25) is 0 Å². The third-order valence-corrected chi connectivity index (χ3v) is 2.06. The summed E-state index contributed by atoms with van der Waals surface area (Å²) in [6.07, 6.45) is 2.16. The Balaban J connectivity index is 2.81. The lowest BCUT2D eigenvalue weighted by atomic mass is 10.1. The van der Waals surface area contributed by atoms with Crippen LogP contribution < -0.4 is 0 Å². The minimum Gasteiger partial charge on any atom is -0.289 e. The molecule has 0 radical (unpaired) electrons. The van der Waals surface area contributed by atoms with Gasteiger partial charge in [-0.05, 0) is 6.42 Å². The lowest BCUT2D eigenvalue weighted by Gasteiger charge is -1.95. The molecule has 0 saturated heterocycles. The number of carbonyl (C=O) groups excluding carboxylic acids is 1. The predicted octanol–water partition coefficient (Wildman–Crippen LogP) is 3.40. The van der Waals surface area contributed by atoms with Crippen molar-refractivity contribution in [2.45, 2.75) is 13.3 Å². The van der Waals surface area contributed by atoms with Crippen molar-refractivity contribution < 1.29 is 4.79 Å². The maximum Gasteiger partial charge on any atom is 0.186 e. The van der Waals surface area contributed by atoms with Crippen LogP contribution in [0.25, 0.3) is 0 Å². The zero-order chi connectivity index (χ0) is 9.68. The molecule has 0 aliphatic carbocycles. The third kappa shape index (κ3) is 3.03. The average Bonchev–Trinajstić information content (AvgIpc) is 2.19. The van der Waals surface area contributed by atoms with E-state index < -0.39 is 0 Å². The van der Waals surface area contributed by atoms with E-state index in [0.717, 1.165) is 0 Å². The zero-order valence-corrected chi connectivity index (χ0v) is 8.21. The van der Waals surface area contributed by atoms with E-state index in [4.69, 9.17) is 11.6 Å². The largest absolute Gasteiger partial charge is 0.289 e. The normalized spacial score (nSPS) is 11.4. The van der Waals surface area contributed by atoms with E-state index in [-0.39, 0.29) is 5.78 Å². The Bertz CT molecular complexity index is 314. The summed E-state index contributed by atoms with van der Waals surface area (Å²) in [5, 5.41) is 0.592. The fraction of sp³-hybridized carbons (Fsp3) is 0.182. The summed E-state index contributed by atoms with van der Waals surface area (Å²) in [5.41, 5.74) is 0.675. The summed E-state index contributed by atoms with van der Waals surface area (Å²) < 4.78 is 0. The van der Waals surface area contributed by atoms with Gasteiger partial charge in [0, 0.05) is 16.7 Å². The Morgan fingerprint density at radius 1 is 1.38 bits per heavy atom. The van der Waals surface area contributed by atoms with Crippen LogP contribution in [0, 0.1) is 0 Å². The second-order valence-electron chi connectivity index (χ2n) is 2.68. The molecule has 2 heteroatoms. The van der Waals surface area contributed by atoms with Gasteiger partial charge in [0.15, 0.2) is 5.78 Å². The first-order valence-corrected chi connectivity index (χ1v) is 4.57. The van der Waals surface area contributed by atoms with Crippen molar-refractivity contribution >= 4 is 17.4 Å². The van der Waals surface area contributed by atoms with Crippen LogP contribution in [0.5, 0.6) is 0 Å². The fourth-order valence-corrected chi connectivity index (χ4v) is 1.03. The van der Waals surface area contributed by atoms with Crippen LogP contribution in [0.15, 0.2) is 41.4 Å². The van der Waals surface area contributed by atoms with Crippen molar-refractivity contribution in [1.29, 1.82) is 0 Å². The molecule has 0 fully saturated rings. The molecule has 1 nitrogen and oxygen atoms in total. The molecule has 0 heterocycles. The Morgan fingerprint density at radius 2 is 2.00 bits per heavy atom. The first-order valence-electron chi connectivity index (χ1n) is 4.19. The number of halogens is 1. The smallest absolute Gasteiger partial charge is 0.186 e. The molecule has 1 aromatic carbocycles. The van der Waals surface area contributed by atoms with Crippen molar-refractivity contribution in [2.24, 2.45) is 0 Å². The number of rotatable bonds is 3. The summed E-state index contributed by atoms with van der Waals surface area (Å²) in [7, 11) is 0. The average molecular weight is 195 g/mol. The Morgan fingerprint density at radius 3 is 2.54 bits per heavy atom. The van der Waals surface area contributed by atoms with Gasteiger partial charge in [-0.3, -0.25) is 4.79 Å². The fourth-order valence-electron chi connectivity index (χ4n) is 0.930. The van der Waals surface area contributed by atoms with E-state index >= 15 is 0 Å². The molecule has 0 spiro atoms. The van der Waals surface area contributed by atoms with Crippen LogP contribution >= 0.6 is 11.6 Å². The molecule has 1 rings (SSSR count). The van der Waals surface area contributed by atoms with Gasteiger partial charge in [0.1, 0.15) is 0 Å². The molecule has 1 aromatic rings. The van der Waals surface area contributed by atoms with Gasteiger partial charge in [0.25, 0.3) is 0 Å². The van der Waals surface area contributed by atoms with Gasteiger partial charge in [-0.1, -0.05) is 48.9 Å². The summed E-state index contributed by atoms with van der Waals surface area (Å²) >= 11 is 5.75.